The van der Waals surface area contributed by atoms with Crippen molar-refractivity contribution in [2.45, 2.75) is 27.2 Å². The molecule has 1 N–H and O–H groups in total. The molecule has 0 aliphatic carbocycles. The molecule has 0 unspecified atom stereocenters. The van der Waals surface area contributed by atoms with E-state index in [2.05, 4.69) is 5.32 Å². The van der Waals surface area contributed by atoms with E-state index in [0.29, 0.717) is 41.1 Å². The van der Waals surface area contributed by atoms with Crippen LogP contribution in [0.1, 0.15) is 29.2 Å². The molecular formula is C19H19N3O4. The van der Waals surface area contributed by atoms with Crippen molar-refractivity contribution in [3.8, 4) is 6.07 Å². The van der Waals surface area contributed by atoms with Gasteiger partial charge in [0.05, 0.1) is 23.2 Å². The highest BCUT2D eigenvalue weighted by Crippen LogP contribution is 2.34. The van der Waals surface area contributed by atoms with Gasteiger partial charge in [-0.25, -0.2) is 0 Å². The van der Waals surface area contributed by atoms with Gasteiger partial charge in [-0.15, -0.1) is 0 Å². The Labute approximate surface area is 151 Å². The lowest BCUT2D eigenvalue weighted by atomic mass is 10.0. The minimum Gasteiger partial charge on any atom is -0.466 e. The maximum absolute atomic E-state index is 11.5. The van der Waals surface area contributed by atoms with Crippen LogP contribution in [0.2, 0.25) is 0 Å². The second-order valence-electron chi connectivity index (χ2n) is 5.87. The zero-order chi connectivity index (χ0) is 19.3. The first-order valence-corrected chi connectivity index (χ1v) is 8.01. The molecule has 0 aliphatic rings. The number of nitro benzene ring substituents is 1. The van der Waals surface area contributed by atoms with Gasteiger partial charge in [0.25, 0.3) is 5.69 Å². The highest BCUT2D eigenvalue weighted by molar-refractivity contribution is 5.75. The Hall–Kier alpha value is -3.40. The Morgan fingerprint density at radius 2 is 1.96 bits per heavy atom. The number of anilines is 2. The molecule has 7 nitrogen and oxygen atoms in total. The molecule has 2 aromatic carbocycles. The molecule has 0 spiro atoms. The van der Waals surface area contributed by atoms with Crippen molar-refractivity contribution in [3.63, 3.8) is 0 Å². The number of aryl methyl sites for hydroxylation is 1. The van der Waals surface area contributed by atoms with Crippen molar-refractivity contribution in [1.29, 1.82) is 5.26 Å². The third kappa shape index (κ3) is 4.36. The molecule has 0 radical (unpaired) electrons. The van der Waals surface area contributed by atoms with Gasteiger partial charge in [0.2, 0.25) is 0 Å². The van der Waals surface area contributed by atoms with Gasteiger partial charge in [-0.1, -0.05) is 12.1 Å². The van der Waals surface area contributed by atoms with Crippen LogP contribution in [0.3, 0.4) is 0 Å². The number of carbonyl (C=O) groups is 1. The van der Waals surface area contributed by atoms with E-state index < -0.39 is 4.92 Å². The fourth-order valence-corrected chi connectivity index (χ4v) is 2.70. The summed E-state index contributed by atoms with van der Waals surface area (Å²) in [6.45, 7) is 4.99. The number of benzene rings is 2. The number of nitrogens with zero attached hydrogens (tertiary/aromatic N) is 2. The topological polar surface area (TPSA) is 105 Å². The molecule has 0 heterocycles. The zero-order valence-electron chi connectivity index (χ0n) is 14.8. The van der Waals surface area contributed by atoms with E-state index in [0.717, 1.165) is 5.56 Å². The lowest BCUT2D eigenvalue weighted by molar-refractivity contribution is -0.384. The van der Waals surface area contributed by atoms with Gasteiger partial charge < -0.3 is 10.1 Å². The fraction of sp³-hybridized carbons (Fsp3) is 0.263. The molecule has 0 saturated heterocycles. The van der Waals surface area contributed by atoms with Gasteiger partial charge in [-0.2, -0.15) is 5.26 Å². The second-order valence-corrected chi connectivity index (χ2v) is 5.87. The lowest BCUT2D eigenvalue weighted by Crippen LogP contribution is -2.04. The Bertz CT molecular complexity index is 883. The number of carbonyl (C=O) groups excluding carboxylic acids is 1. The van der Waals surface area contributed by atoms with E-state index in [1.807, 2.05) is 18.2 Å². The van der Waals surface area contributed by atoms with Crippen LogP contribution in [0.4, 0.5) is 17.1 Å². The molecule has 0 amide bonds. The first kappa shape index (κ1) is 18.9. The van der Waals surface area contributed by atoms with Crippen molar-refractivity contribution < 1.29 is 14.5 Å². The lowest BCUT2D eigenvalue weighted by Gasteiger charge is -2.12. The first-order valence-electron chi connectivity index (χ1n) is 8.01. The third-order valence-electron chi connectivity index (χ3n) is 3.96. The Morgan fingerprint density at radius 3 is 2.50 bits per heavy atom. The average Bonchev–Trinajstić information content (AvgIpc) is 2.56. The van der Waals surface area contributed by atoms with Gasteiger partial charge in [0, 0.05) is 24.6 Å². The number of ether oxygens (including phenoxy) is 1. The number of hydrogen-bond donors (Lipinski definition) is 1. The quantitative estimate of drug-likeness (QED) is 0.479. The molecular weight excluding hydrogens is 334 g/mol. The molecule has 7 heteroatoms. The van der Waals surface area contributed by atoms with Crippen LogP contribution >= 0.6 is 0 Å². The van der Waals surface area contributed by atoms with Crippen molar-refractivity contribution in [2.24, 2.45) is 0 Å². The summed E-state index contributed by atoms with van der Waals surface area (Å²) in [6, 6.07) is 11.0. The average molecular weight is 353 g/mol. The van der Waals surface area contributed by atoms with E-state index in [4.69, 9.17) is 4.74 Å². The summed E-state index contributed by atoms with van der Waals surface area (Å²) in [7, 11) is 0. The normalized spacial score (nSPS) is 10.1. The molecule has 0 bridgehead atoms. The zero-order valence-corrected chi connectivity index (χ0v) is 14.8. The van der Waals surface area contributed by atoms with Crippen molar-refractivity contribution in [3.05, 3.63) is 62.7 Å². The van der Waals surface area contributed by atoms with Crippen LogP contribution < -0.4 is 5.32 Å². The number of rotatable bonds is 6. The van der Waals surface area contributed by atoms with Crippen molar-refractivity contribution in [2.75, 3.05) is 11.9 Å². The highest BCUT2D eigenvalue weighted by atomic mass is 16.6. The largest absolute Gasteiger partial charge is 0.466 e. The first-order chi connectivity index (χ1) is 12.3. The van der Waals surface area contributed by atoms with E-state index in [1.54, 1.807) is 32.0 Å². The van der Waals surface area contributed by atoms with Crippen LogP contribution in [0.15, 0.2) is 30.3 Å². The summed E-state index contributed by atoms with van der Waals surface area (Å²) in [5.74, 6) is -0.317. The van der Waals surface area contributed by atoms with Crippen LogP contribution in [0, 0.1) is 35.3 Å². The van der Waals surface area contributed by atoms with Crippen LogP contribution in [0.5, 0.6) is 0 Å². The number of nitrogens with one attached hydrogen (secondary N) is 1. The Kier molecular flexibility index (Phi) is 5.91. The van der Waals surface area contributed by atoms with Gasteiger partial charge in [-0.05, 0) is 43.2 Å². The molecule has 26 heavy (non-hydrogen) atoms. The molecule has 0 aromatic heterocycles. The predicted octanol–water partition coefficient (Wildman–Crippen LogP) is 3.93. The summed E-state index contributed by atoms with van der Waals surface area (Å²) in [5.41, 5.74) is 3.26. The van der Waals surface area contributed by atoms with Gasteiger partial charge in [-0.3, -0.25) is 14.9 Å². The van der Waals surface area contributed by atoms with E-state index in [9.17, 15) is 20.2 Å². The standard InChI is InChI=1S/C19H19N3O4/c1-12-10-18(19(22(24)25)13(2)17(12)11-20)21-16-6-4-15(5-7-16)8-9-26-14(3)23/h4-7,10,21H,8-9H2,1-3H3. The molecule has 0 aliphatic heterocycles. The summed E-state index contributed by atoms with van der Waals surface area (Å²) >= 11 is 0. The van der Waals surface area contributed by atoms with Gasteiger partial charge in [0.1, 0.15) is 5.69 Å². The van der Waals surface area contributed by atoms with Crippen molar-refractivity contribution >= 4 is 23.0 Å². The number of nitro groups is 1. The smallest absolute Gasteiger partial charge is 0.302 e. The molecule has 0 fully saturated rings. The highest BCUT2D eigenvalue weighted by Gasteiger charge is 2.22. The van der Waals surface area contributed by atoms with Gasteiger partial charge >= 0.3 is 5.97 Å². The third-order valence-corrected chi connectivity index (χ3v) is 3.96. The molecule has 0 atom stereocenters. The second kappa shape index (κ2) is 8.12. The van der Waals surface area contributed by atoms with Crippen LogP contribution in [0.25, 0.3) is 0 Å². The maximum Gasteiger partial charge on any atom is 0.302 e. The van der Waals surface area contributed by atoms with E-state index in [1.165, 1.54) is 6.92 Å². The summed E-state index contributed by atoms with van der Waals surface area (Å²) in [5, 5.41) is 23.7. The number of nitriles is 1. The minimum absolute atomic E-state index is 0.105. The van der Waals surface area contributed by atoms with Crippen LogP contribution in [-0.2, 0) is 16.0 Å². The van der Waals surface area contributed by atoms with Gasteiger partial charge in [0.15, 0.2) is 0 Å². The van der Waals surface area contributed by atoms with E-state index in [-0.39, 0.29) is 11.7 Å². The Balaban J connectivity index is 2.24. The molecule has 0 saturated carbocycles. The van der Waals surface area contributed by atoms with Crippen LogP contribution in [-0.4, -0.2) is 17.5 Å². The minimum atomic E-state index is -0.481. The fourth-order valence-electron chi connectivity index (χ4n) is 2.70. The Morgan fingerprint density at radius 1 is 1.31 bits per heavy atom. The summed E-state index contributed by atoms with van der Waals surface area (Å²) in [6.07, 6.45) is 0.592. The number of esters is 1. The predicted molar refractivity (Wildman–Crippen MR) is 97.3 cm³/mol. The molecule has 2 aromatic rings. The maximum atomic E-state index is 11.5. The monoisotopic (exact) mass is 353 g/mol. The number of hydrogen-bond acceptors (Lipinski definition) is 6. The molecule has 2 rings (SSSR count). The van der Waals surface area contributed by atoms with E-state index >= 15 is 0 Å². The SMILES string of the molecule is CC(=O)OCCc1ccc(Nc2cc(C)c(C#N)c(C)c2[N+](=O)[O-])cc1. The summed E-state index contributed by atoms with van der Waals surface area (Å²) < 4.78 is 4.91. The van der Waals surface area contributed by atoms with Crippen molar-refractivity contribution in [1.82, 2.24) is 0 Å². The molecule has 134 valence electrons. The summed E-state index contributed by atoms with van der Waals surface area (Å²) in [4.78, 5) is 21.7.